The average molecular weight is 163 g/mol. The fourth-order valence-corrected chi connectivity index (χ4v) is 1.40. The molecule has 0 bridgehead atoms. The second-order valence-electron chi connectivity index (χ2n) is 3.37. The molecule has 1 aromatic carbocycles. The molecule has 0 heterocycles. The van der Waals surface area contributed by atoms with E-state index in [1.54, 1.807) is 0 Å². The van der Waals surface area contributed by atoms with Crippen LogP contribution in [0.5, 0.6) is 0 Å². The minimum atomic E-state index is 0.706. The Bertz CT molecular complexity index is 206. The third kappa shape index (κ3) is 3.05. The molecule has 0 saturated carbocycles. The molecule has 0 amide bonds. The van der Waals surface area contributed by atoms with Crippen molar-refractivity contribution in [2.45, 2.75) is 19.8 Å². The Balaban J connectivity index is 2.41. The van der Waals surface area contributed by atoms with Gasteiger partial charge >= 0.3 is 0 Å². The summed E-state index contributed by atoms with van der Waals surface area (Å²) < 4.78 is 0. The molecule has 0 aromatic heterocycles. The molecule has 0 fully saturated rings. The van der Waals surface area contributed by atoms with Crippen LogP contribution < -0.4 is 5.73 Å². The van der Waals surface area contributed by atoms with Crippen LogP contribution >= 0.6 is 0 Å². The largest absolute Gasteiger partial charge is 0.330 e. The van der Waals surface area contributed by atoms with Crippen LogP contribution in [-0.4, -0.2) is 6.54 Å². The van der Waals surface area contributed by atoms with Crippen LogP contribution in [0.4, 0.5) is 0 Å². The van der Waals surface area contributed by atoms with E-state index in [0.717, 1.165) is 19.4 Å². The van der Waals surface area contributed by atoms with E-state index in [9.17, 15) is 0 Å². The van der Waals surface area contributed by atoms with Crippen LogP contribution in [0.1, 0.15) is 18.9 Å². The summed E-state index contributed by atoms with van der Waals surface area (Å²) in [4.78, 5) is 0. The van der Waals surface area contributed by atoms with Crippen molar-refractivity contribution >= 4 is 0 Å². The molecule has 1 unspecified atom stereocenters. The highest BCUT2D eigenvalue weighted by molar-refractivity contribution is 5.14. The second-order valence-corrected chi connectivity index (χ2v) is 3.37. The van der Waals surface area contributed by atoms with Gasteiger partial charge in [0, 0.05) is 0 Å². The minimum absolute atomic E-state index is 0.706. The zero-order valence-electron chi connectivity index (χ0n) is 7.66. The molecule has 1 aromatic rings. The number of hydrogen-bond acceptors (Lipinski definition) is 1. The topological polar surface area (TPSA) is 26.0 Å². The van der Waals surface area contributed by atoms with Gasteiger partial charge in [0.25, 0.3) is 0 Å². The van der Waals surface area contributed by atoms with Crippen molar-refractivity contribution in [1.82, 2.24) is 0 Å². The van der Waals surface area contributed by atoms with Crippen molar-refractivity contribution in [3.8, 4) is 0 Å². The number of rotatable bonds is 4. The van der Waals surface area contributed by atoms with Crippen LogP contribution in [-0.2, 0) is 6.42 Å². The molecule has 1 heteroatoms. The van der Waals surface area contributed by atoms with Gasteiger partial charge in [-0.15, -0.1) is 0 Å². The van der Waals surface area contributed by atoms with Crippen LogP contribution in [0.3, 0.4) is 0 Å². The quantitative estimate of drug-likeness (QED) is 0.723. The molecular formula is C11H17N. The summed E-state index contributed by atoms with van der Waals surface area (Å²) in [6, 6.07) is 10.6. The standard InChI is InChI=1S/C11H17N/c1-10(7-8-12)9-11-5-3-2-4-6-11/h2-6,10H,7-9,12H2,1H3. The van der Waals surface area contributed by atoms with Gasteiger partial charge in [0.15, 0.2) is 0 Å². The maximum atomic E-state index is 5.48. The molecule has 0 aliphatic rings. The Morgan fingerprint density at radius 1 is 1.25 bits per heavy atom. The molecule has 1 rings (SSSR count). The Morgan fingerprint density at radius 2 is 1.92 bits per heavy atom. The summed E-state index contributed by atoms with van der Waals surface area (Å²) in [5.74, 6) is 0.706. The van der Waals surface area contributed by atoms with E-state index in [1.807, 2.05) is 0 Å². The van der Waals surface area contributed by atoms with E-state index in [4.69, 9.17) is 5.73 Å². The Morgan fingerprint density at radius 3 is 2.50 bits per heavy atom. The maximum absolute atomic E-state index is 5.48. The van der Waals surface area contributed by atoms with Gasteiger partial charge in [-0.05, 0) is 30.9 Å². The number of hydrogen-bond donors (Lipinski definition) is 1. The molecule has 0 saturated heterocycles. The number of benzene rings is 1. The van der Waals surface area contributed by atoms with Gasteiger partial charge in [0.1, 0.15) is 0 Å². The monoisotopic (exact) mass is 163 g/mol. The van der Waals surface area contributed by atoms with E-state index in [1.165, 1.54) is 5.56 Å². The molecule has 1 atom stereocenters. The van der Waals surface area contributed by atoms with Crippen LogP contribution in [0.25, 0.3) is 0 Å². The van der Waals surface area contributed by atoms with Gasteiger partial charge in [-0.3, -0.25) is 0 Å². The highest BCUT2D eigenvalue weighted by atomic mass is 14.5. The predicted octanol–water partition coefficient (Wildman–Crippen LogP) is 2.21. The van der Waals surface area contributed by atoms with E-state index in [0.29, 0.717) is 5.92 Å². The molecule has 2 N–H and O–H groups in total. The van der Waals surface area contributed by atoms with Crippen LogP contribution in [0.15, 0.2) is 30.3 Å². The zero-order chi connectivity index (χ0) is 8.81. The third-order valence-corrected chi connectivity index (χ3v) is 2.09. The molecule has 0 aliphatic carbocycles. The second kappa shape index (κ2) is 4.94. The van der Waals surface area contributed by atoms with Crippen molar-refractivity contribution in [1.29, 1.82) is 0 Å². The smallest absolute Gasteiger partial charge is 0.00746 e. The summed E-state index contributed by atoms with van der Waals surface area (Å²) in [7, 11) is 0. The van der Waals surface area contributed by atoms with Gasteiger partial charge in [-0.1, -0.05) is 37.3 Å². The summed E-state index contributed by atoms with van der Waals surface area (Å²) >= 11 is 0. The highest BCUT2D eigenvalue weighted by Crippen LogP contribution is 2.10. The van der Waals surface area contributed by atoms with Gasteiger partial charge in [0.2, 0.25) is 0 Å². The van der Waals surface area contributed by atoms with Crippen LogP contribution in [0.2, 0.25) is 0 Å². The Labute approximate surface area is 74.6 Å². The lowest BCUT2D eigenvalue weighted by Gasteiger charge is -2.08. The summed E-state index contributed by atoms with van der Waals surface area (Å²) in [5.41, 5.74) is 6.90. The van der Waals surface area contributed by atoms with Gasteiger partial charge in [-0.25, -0.2) is 0 Å². The van der Waals surface area contributed by atoms with Crippen molar-refractivity contribution in [3.63, 3.8) is 0 Å². The van der Waals surface area contributed by atoms with E-state index >= 15 is 0 Å². The van der Waals surface area contributed by atoms with Crippen molar-refractivity contribution in [2.24, 2.45) is 11.7 Å². The van der Waals surface area contributed by atoms with Gasteiger partial charge in [-0.2, -0.15) is 0 Å². The van der Waals surface area contributed by atoms with Crippen LogP contribution in [0, 0.1) is 5.92 Å². The van der Waals surface area contributed by atoms with Crippen molar-refractivity contribution in [2.75, 3.05) is 6.54 Å². The lowest BCUT2D eigenvalue weighted by atomic mass is 9.98. The van der Waals surface area contributed by atoms with E-state index in [-0.39, 0.29) is 0 Å². The predicted molar refractivity (Wildman–Crippen MR) is 53.0 cm³/mol. The first-order chi connectivity index (χ1) is 5.83. The molecule has 1 nitrogen and oxygen atoms in total. The lowest BCUT2D eigenvalue weighted by molar-refractivity contribution is 0.538. The molecule has 12 heavy (non-hydrogen) atoms. The van der Waals surface area contributed by atoms with Gasteiger partial charge in [0.05, 0.1) is 0 Å². The van der Waals surface area contributed by atoms with Crippen molar-refractivity contribution in [3.05, 3.63) is 35.9 Å². The molecule has 66 valence electrons. The average Bonchev–Trinajstić information content (AvgIpc) is 2.06. The zero-order valence-corrected chi connectivity index (χ0v) is 7.66. The maximum Gasteiger partial charge on any atom is -0.00746 e. The lowest BCUT2D eigenvalue weighted by Crippen LogP contribution is -2.07. The van der Waals surface area contributed by atoms with E-state index in [2.05, 4.69) is 37.3 Å². The first kappa shape index (κ1) is 9.27. The highest BCUT2D eigenvalue weighted by Gasteiger charge is 2.00. The fourth-order valence-electron chi connectivity index (χ4n) is 1.40. The minimum Gasteiger partial charge on any atom is -0.330 e. The van der Waals surface area contributed by atoms with Crippen molar-refractivity contribution < 1.29 is 0 Å². The fraction of sp³-hybridized carbons (Fsp3) is 0.455. The van der Waals surface area contributed by atoms with Gasteiger partial charge < -0.3 is 5.73 Å². The first-order valence-corrected chi connectivity index (χ1v) is 4.57. The first-order valence-electron chi connectivity index (χ1n) is 4.57. The molecule has 0 spiro atoms. The molecule has 0 aliphatic heterocycles. The molecule has 0 radical (unpaired) electrons. The summed E-state index contributed by atoms with van der Waals surface area (Å²) in [6.07, 6.45) is 2.27. The molecular weight excluding hydrogens is 146 g/mol. The van der Waals surface area contributed by atoms with E-state index < -0.39 is 0 Å². The number of nitrogens with two attached hydrogens (primary N) is 1. The Hall–Kier alpha value is -0.820. The SMILES string of the molecule is CC(CCN)Cc1ccccc1. The third-order valence-electron chi connectivity index (χ3n) is 2.09. The Kier molecular flexibility index (Phi) is 3.81. The summed E-state index contributed by atoms with van der Waals surface area (Å²) in [6.45, 7) is 3.05. The summed E-state index contributed by atoms with van der Waals surface area (Å²) in [5, 5.41) is 0. The normalized spacial score (nSPS) is 12.8.